The Bertz CT molecular complexity index is 879. The average Bonchev–Trinajstić information content (AvgIpc) is 2.83. The summed E-state index contributed by atoms with van der Waals surface area (Å²) >= 11 is 11.7. The number of aromatic nitrogens is 3. The van der Waals surface area contributed by atoms with Gasteiger partial charge in [-0.3, -0.25) is 4.40 Å². The molecule has 0 aliphatic carbocycles. The van der Waals surface area contributed by atoms with Crippen molar-refractivity contribution >= 4 is 34.8 Å². The molecule has 3 rings (SSSR count). The van der Waals surface area contributed by atoms with E-state index in [4.69, 9.17) is 28.3 Å². The highest BCUT2D eigenvalue weighted by molar-refractivity contribution is 6.33. The fourth-order valence-corrected chi connectivity index (χ4v) is 2.33. The van der Waals surface area contributed by atoms with E-state index < -0.39 is 11.8 Å². The van der Waals surface area contributed by atoms with Gasteiger partial charge in [0.2, 0.25) is 0 Å². The SMILES string of the molecule is O=C(O)c1cc(Cl)c2nnc(-c3ccc(Cl)cc3F)n2c1. The molecule has 1 N–H and O–H groups in total. The third kappa shape index (κ3) is 2.32. The molecule has 106 valence electrons. The van der Waals surface area contributed by atoms with E-state index in [9.17, 15) is 9.18 Å². The number of aromatic carboxylic acids is 1. The van der Waals surface area contributed by atoms with Gasteiger partial charge in [0.25, 0.3) is 0 Å². The van der Waals surface area contributed by atoms with Crippen molar-refractivity contribution in [3.8, 4) is 11.4 Å². The Morgan fingerprint density at radius 3 is 2.67 bits per heavy atom. The molecule has 2 aromatic heterocycles. The van der Waals surface area contributed by atoms with Crippen LogP contribution in [0.3, 0.4) is 0 Å². The minimum Gasteiger partial charge on any atom is -0.478 e. The molecule has 0 atom stereocenters. The van der Waals surface area contributed by atoms with Crippen molar-refractivity contribution in [3.63, 3.8) is 0 Å². The molecule has 0 fully saturated rings. The smallest absolute Gasteiger partial charge is 0.337 e. The highest BCUT2D eigenvalue weighted by Gasteiger charge is 2.17. The molecule has 1 aromatic carbocycles. The van der Waals surface area contributed by atoms with Crippen LogP contribution in [0.2, 0.25) is 10.0 Å². The van der Waals surface area contributed by atoms with Gasteiger partial charge in [0.1, 0.15) is 5.82 Å². The Labute approximate surface area is 127 Å². The predicted molar refractivity (Wildman–Crippen MR) is 75.4 cm³/mol. The monoisotopic (exact) mass is 325 g/mol. The van der Waals surface area contributed by atoms with Crippen molar-refractivity contribution in [1.82, 2.24) is 14.6 Å². The minimum atomic E-state index is -1.16. The lowest BCUT2D eigenvalue weighted by Crippen LogP contribution is -2.01. The molecule has 3 aromatic rings. The number of carbonyl (C=O) groups is 1. The topological polar surface area (TPSA) is 67.5 Å². The number of hydrogen-bond donors (Lipinski definition) is 1. The lowest BCUT2D eigenvalue weighted by Gasteiger charge is -2.04. The zero-order valence-electron chi connectivity index (χ0n) is 10.2. The molecule has 0 radical (unpaired) electrons. The second-order valence-electron chi connectivity index (χ2n) is 4.22. The van der Waals surface area contributed by atoms with Crippen molar-refractivity contribution in [1.29, 1.82) is 0 Å². The lowest BCUT2D eigenvalue weighted by atomic mass is 10.2. The Balaban J connectivity index is 2.30. The minimum absolute atomic E-state index is 0.0529. The second-order valence-corrected chi connectivity index (χ2v) is 5.07. The maximum Gasteiger partial charge on any atom is 0.337 e. The van der Waals surface area contributed by atoms with Crippen LogP contribution in [0.4, 0.5) is 4.39 Å². The van der Waals surface area contributed by atoms with Crippen LogP contribution in [0.5, 0.6) is 0 Å². The number of nitrogens with zero attached hydrogens (tertiary/aromatic N) is 3. The summed E-state index contributed by atoms with van der Waals surface area (Å²) in [6, 6.07) is 5.34. The number of carboxylic acids is 1. The summed E-state index contributed by atoms with van der Waals surface area (Å²) in [7, 11) is 0. The largest absolute Gasteiger partial charge is 0.478 e. The predicted octanol–water partition coefficient (Wildman–Crippen LogP) is 3.54. The lowest BCUT2D eigenvalue weighted by molar-refractivity contribution is 0.0696. The highest BCUT2D eigenvalue weighted by Crippen LogP contribution is 2.27. The summed E-state index contributed by atoms with van der Waals surface area (Å²) in [4.78, 5) is 11.1. The summed E-state index contributed by atoms with van der Waals surface area (Å²) in [6.07, 6.45) is 1.28. The van der Waals surface area contributed by atoms with E-state index in [1.165, 1.54) is 28.8 Å². The molecule has 0 amide bonds. The molecule has 0 unspecified atom stereocenters. The van der Waals surface area contributed by atoms with Crippen molar-refractivity contribution in [2.45, 2.75) is 0 Å². The third-order valence-corrected chi connectivity index (χ3v) is 3.39. The Hall–Kier alpha value is -2.18. The molecule has 0 spiro atoms. The van der Waals surface area contributed by atoms with Crippen molar-refractivity contribution in [2.24, 2.45) is 0 Å². The molecule has 0 aliphatic rings. The van der Waals surface area contributed by atoms with Crippen molar-refractivity contribution in [3.05, 3.63) is 51.9 Å². The Morgan fingerprint density at radius 1 is 1.24 bits per heavy atom. The fraction of sp³-hybridized carbons (Fsp3) is 0. The van der Waals surface area contributed by atoms with Gasteiger partial charge in [-0.2, -0.15) is 0 Å². The molecule has 0 bridgehead atoms. The summed E-state index contributed by atoms with van der Waals surface area (Å²) < 4.78 is 15.3. The van der Waals surface area contributed by atoms with E-state index in [1.807, 2.05) is 0 Å². The molecule has 0 aliphatic heterocycles. The number of rotatable bonds is 2. The van der Waals surface area contributed by atoms with Gasteiger partial charge in [-0.15, -0.1) is 10.2 Å². The molecule has 0 saturated heterocycles. The first kappa shape index (κ1) is 13.8. The number of hydrogen-bond acceptors (Lipinski definition) is 3. The first-order valence-corrected chi connectivity index (χ1v) is 6.46. The molecule has 2 heterocycles. The number of fused-ring (bicyclic) bond motifs is 1. The molecular formula is C13H6Cl2FN3O2. The first-order chi connectivity index (χ1) is 9.97. The van der Waals surface area contributed by atoms with Gasteiger partial charge < -0.3 is 5.11 Å². The Morgan fingerprint density at radius 2 is 2.00 bits per heavy atom. The van der Waals surface area contributed by atoms with Crippen LogP contribution in [0.25, 0.3) is 17.0 Å². The van der Waals surface area contributed by atoms with Gasteiger partial charge in [-0.05, 0) is 24.3 Å². The number of benzene rings is 1. The highest BCUT2D eigenvalue weighted by atomic mass is 35.5. The normalized spacial score (nSPS) is 11.0. The summed E-state index contributed by atoms with van der Waals surface area (Å²) in [6.45, 7) is 0. The van der Waals surface area contributed by atoms with E-state index in [0.29, 0.717) is 0 Å². The van der Waals surface area contributed by atoms with Crippen LogP contribution in [0.15, 0.2) is 30.5 Å². The standard InChI is InChI=1S/C13H6Cl2FN3O2/c14-7-1-2-8(10(16)4-7)11-17-18-12-9(15)3-6(13(20)21)5-19(11)12/h1-5H,(H,20,21). The van der Waals surface area contributed by atoms with Crippen LogP contribution < -0.4 is 0 Å². The van der Waals surface area contributed by atoms with Crippen LogP contribution >= 0.6 is 23.2 Å². The van der Waals surface area contributed by atoms with E-state index >= 15 is 0 Å². The van der Waals surface area contributed by atoms with Crippen molar-refractivity contribution < 1.29 is 14.3 Å². The molecule has 21 heavy (non-hydrogen) atoms. The third-order valence-electron chi connectivity index (χ3n) is 2.88. The zero-order chi connectivity index (χ0) is 15.1. The van der Waals surface area contributed by atoms with Crippen molar-refractivity contribution in [2.75, 3.05) is 0 Å². The van der Waals surface area contributed by atoms with E-state index in [1.54, 1.807) is 0 Å². The molecule has 0 saturated carbocycles. The summed E-state index contributed by atoms with van der Waals surface area (Å²) in [5, 5.41) is 17.1. The Kier molecular flexibility index (Phi) is 3.27. The molecule has 5 nitrogen and oxygen atoms in total. The van der Waals surface area contributed by atoms with E-state index in [2.05, 4.69) is 10.2 Å². The molecule has 8 heteroatoms. The number of carboxylic acid groups (broad SMARTS) is 1. The second kappa shape index (κ2) is 4.98. The van der Waals surface area contributed by atoms with Crippen LogP contribution in [0, 0.1) is 5.82 Å². The van der Waals surface area contributed by atoms with E-state index in [-0.39, 0.29) is 32.6 Å². The van der Waals surface area contributed by atoms with Gasteiger partial charge in [-0.1, -0.05) is 23.2 Å². The zero-order valence-corrected chi connectivity index (χ0v) is 11.7. The molecular weight excluding hydrogens is 320 g/mol. The van der Waals surface area contributed by atoms with Crippen LogP contribution in [0.1, 0.15) is 10.4 Å². The van der Waals surface area contributed by atoms with Crippen LogP contribution in [-0.2, 0) is 0 Å². The number of pyridine rings is 1. The summed E-state index contributed by atoms with van der Waals surface area (Å²) in [5.74, 6) is -1.60. The van der Waals surface area contributed by atoms with E-state index in [0.717, 1.165) is 6.07 Å². The van der Waals surface area contributed by atoms with Gasteiger partial charge in [-0.25, -0.2) is 9.18 Å². The first-order valence-electron chi connectivity index (χ1n) is 5.70. The maximum atomic E-state index is 14.0. The number of halogens is 3. The van der Waals surface area contributed by atoms with Gasteiger partial charge in [0, 0.05) is 11.2 Å². The fourth-order valence-electron chi connectivity index (χ4n) is 1.93. The quantitative estimate of drug-likeness (QED) is 0.782. The van der Waals surface area contributed by atoms with Gasteiger partial charge in [0.15, 0.2) is 11.5 Å². The average molecular weight is 326 g/mol. The van der Waals surface area contributed by atoms with Crippen LogP contribution in [-0.4, -0.2) is 25.7 Å². The summed E-state index contributed by atoms with van der Waals surface area (Å²) in [5.41, 5.74) is 0.333. The maximum absolute atomic E-state index is 14.0. The van der Waals surface area contributed by atoms with Gasteiger partial charge >= 0.3 is 5.97 Å². The van der Waals surface area contributed by atoms with Gasteiger partial charge in [0.05, 0.1) is 16.1 Å².